The van der Waals surface area contributed by atoms with Crippen LogP contribution in [-0.2, 0) is 11.2 Å². The number of anilines is 1. The van der Waals surface area contributed by atoms with E-state index in [1.54, 1.807) is 24.4 Å². The van der Waals surface area contributed by atoms with Gasteiger partial charge in [0.2, 0.25) is 11.8 Å². The Balaban J connectivity index is 1.69. The molecule has 0 atom stereocenters. The molecule has 0 saturated carbocycles. The summed E-state index contributed by atoms with van der Waals surface area (Å²) in [6, 6.07) is 16.6. The molecule has 0 unspecified atom stereocenters. The van der Waals surface area contributed by atoms with Gasteiger partial charge in [-0.1, -0.05) is 63.0 Å². The molecule has 1 N–H and O–H groups in total. The second-order valence-electron chi connectivity index (χ2n) is 6.15. The summed E-state index contributed by atoms with van der Waals surface area (Å²) in [5.41, 5.74) is 3.30. The molecule has 0 aliphatic heterocycles. The van der Waals surface area contributed by atoms with Crippen molar-refractivity contribution in [2.45, 2.75) is 6.42 Å². The third-order valence-electron chi connectivity index (χ3n) is 4.21. The minimum atomic E-state index is -0.271. The van der Waals surface area contributed by atoms with E-state index in [9.17, 15) is 4.79 Å². The Bertz CT molecular complexity index is 1150. The van der Waals surface area contributed by atoms with Gasteiger partial charge in [0.25, 0.3) is 0 Å². The lowest BCUT2D eigenvalue weighted by Gasteiger charge is -2.07. The van der Waals surface area contributed by atoms with Gasteiger partial charge in [0.1, 0.15) is 12.0 Å². The third-order valence-corrected chi connectivity index (χ3v) is 5.11. The highest BCUT2D eigenvalue weighted by Crippen LogP contribution is 2.37. The van der Waals surface area contributed by atoms with Crippen molar-refractivity contribution in [3.8, 4) is 22.5 Å². The van der Waals surface area contributed by atoms with Crippen molar-refractivity contribution in [3.05, 3.63) is 82.2 Å². The van der Waals surface area contributed by atoms with Crippen molar-refractivity contribution in [1.29, 1.82) is 0 Å². The van der Waals surface area contributed by atoms with Gasteiger partial charge in [0.05, 0.1) is 17.7 Å². The first-order valence-electron chi connectivity index (χ1n) is 8.67. The van der Waals surface area contributed by atoms with Crippen LogP contribution < -0.4 is 5.32 Å². The summed E-state index contributed by atoms with van der Waals surface area (Å²) in [5.74, 6) is -0.0504. The van der Waals surface area contributed by atoms with Gasteiger partial charge in [-0.2, -0.15) is 0 Å². The van der Waals surface area contributed by atoms with E-state index in [0.29, 0.717) is 22.0 Å². The number of hydrogen-bond acceptors (Lipinski definition) is 5. The first-order valence-corrected chi connectivity index (χ1v) is 9.84. The van der Waals surface area contributed by atoms with E-state index in [2.05, 4.69) is 36.4 Å². The summed E-state index contributed by atoms with van der Waals surface area (Å²) >= 11 is 9.58. The molecule has 4 rings (SSSR count). The Kier molecular flexibility index (Phi) is 5.69. The molecule has 0 aliphatic rings. The first kappa shape index (κ1) is 19.3. The van der Waals surface area contributed by atoms with E-state index in [0.717, 1.165) is 15.6 Å². The smallest absolute Gasteiger partial charge is 0.241 e. The number of rotatable bonds is 5. The molecule has 2 aromatic carbocycles. The van der Waals surface area contributed by atoms with Crippen LogP contribution >= 0.6 is 27.5 Å². The number of halogens is 2. The Hall–Kier alpha value is -3.03. The van der Waals surface area contributed by atoms with Gasteiger partial charge in [-0.3, -0.25) is 10.1 Å². The van der Waals surface area contributed by atoms with Crippen LogP contribution in [0.5, 0.6) is 0 Å². The molecule has 6 nitrogen and oxygen atoms in total. The molecule has 0 bridgehead atoms. The molecule has 0 radical (unpaired) electrons. The maximum atomic E-state index is 12.6. The minimum Gasteiger partial charge on any atom is -0.337 e. The molecule has 29 heavy (non-hydrogen) atoms. The molecule has 0 aliphatic carbocycles. The van der Waals surface area contributed by atoms with Crippen LogP contribution in [0, 0.1) is 0 Å². The third kappa shape index (κ3) is 4.36. The SMILES string of the molecule is O=C(Cc1ccccc1Cl)Nc1onc(-c2ccc(Br)cc2)c1-c1ccncn1. The van der Waals surface area contributed by atoms with Gasteiger partial charge in [0.15, 0.2) is 0 Å². The highest BCUT2D eigenvalue weighted by Gasteiger charge is 2.22. The van der Waals surface area contributed by atoms with Crippen molar-refractivity contribution in [1.82, 2.24) is 15.1 Å². The molecule has 1 amide bonds. The van der Waals surface area contributed by atoms with E-state index in [1.165, 1.54) is 6.33 Å². The molecule has 8 heteroatoms. The molecular weight excluding hydrogens is 456 g/mol. The average Bonchev–Trinajstić information content (AvgIpc) is 3.14. The predicted molar refractivity (Wildman–Crippen MR) is 114 cm³/mol. The minimum absolute atomic E-state index is 0.108. The number of carbonyl (C=O) groups excluding carboxylic acids is 1. The second-order valence-corrected chi connectivity index (χ2v) is 7.48. The molecule has 0 saturated heterocycles. The summed E-state index contributed by atoms with van der Waals surface area (Å²) in [5, 5.41) is 7.50. The lowest BCUT2D eigenvalue weighted by molar-refractivity contribution is -0.115. The predicted octanol–water partition coefficient (Wildman–Crippen LogP) is 5.40. The van der Waals surface area contributed by atoms with Gasteiger partial charge >= 0.3 is 0 Å². The van der Waals surface area contributed by atoms with Crippen molar-refractivity contribution in [3.63, 3.8) is 0 Å². The van der Waals surface area contributed by atoms with Gasteiger partial charge in [0, 0.05) is 21.3 Å². The zero-order valence-electron chi connectivity index (χ0n) is 15.0. The normalized spacial score (nSPS) is 10.7. The van der Waals surface area contributed by atoms with Crippen molar-refractivity contribution < 1.29 is 9.32 Å². The summed E-state index contributed by atoms with van der Waals surface area (Å²) in [6.07, 6.45) is 3.16. The summed E-state index contributed by atoms with van der Waals surface area (Å²) in [7, 11) is 0. The fourth-order valence-electron chi connectivity index (χ4n) is 2.84. The van der Waals surface area contributed by atoms with E-state index in [4.69, 9.17) is 16.1 Å². The van der Waals surface area contributed by atoms with Gasteiger partial charge in [-0.25, -0.2) is 9.97 Å². The van der Waals surface area contributed by atoms with Gasteiger partial charge in [-0.05, 0) is 29.8 Å². The Labute approximate surface area is 180 Å². The number of hydrogen-bond donors (Lipinski definition) is 1. The fraction of sp³-hybridized carbons (Fsp3) is 0.0476. The monoisotopic (exact) mass is 468 g/mol. The number of nitrogens with one attached hydrogen (secondary N) is 1. The molecule has 2 aromatic heterocycles. The van der Waals surface area contributed by atoms with E-state index >= 15 is 0 Å². The van der Waals surface area contributed by atoms with E-state index < -0.39 is 0 Å². The molecule has 144 valence electrons. The molecule has 4 aromatic rings. The Morgan fingerprint density at radius 1 is 1.10 bits per heavy atom. The van der Waals surface area contributed by atoms with Crippen LogP contribution in [0.4, 0.5) is 5.88 Å². The number of carbonyl (C=O) groups is 1. The Morgan fingerprint density at radius 3 is 2.62 bits per heavy atom. The van der Waals surface area contributed by atoms with E-state index in [-0.39, 0.29) is 18.2 Å². The van der Waals surface area contributed by atoms with Gasteiger partial charge < -0.3 is 4.52 Å². The summed E-state index contributed by atoms with van der Waals surface area (Å²) in [4.78, 5) is 20.9. The highest BCUT2D eigenvalue weighted by molar-refractivity contribution is 9.10. The number of benzene rings is 2. The zero-order chi connectivity index (χ0) is 20.2. The first-order chi connectivity index (χ1) is 14.1. The van der Waals surface area contributed by atoms with Crippen molar-refractivity contribution in [2.24, 2.45) is 0 Å². The van der Waals surface area contributed by atoms with Crippen molar-refractivity contribution in [2.75, 3.05) is 5.32 Å². The number of amides is 1. The molecule has 0 spiro atoms. The van der Waals surface area contributed by atoms with Crippen LogP contribution in [0.2, 0.25) is 5.02 Å². The number of nitrogens with zero attached hydrogens (tertiary/aromatic N) is 3. The Morgan fingerprint density at radius 2 is 1.90 bits per heavy atom. The van der Waals surface area contributed by atoms with Crippen LogP contribution in [0.15, 0.2) is 76.1 Å². The maximum Gasteiger partial charge on any atom is 0.241 e. The largest absolute Gasteiger partial charge is 0.337 e. The number of aromatic nitrogens is 3. The standard InChI is InChI=1S/C21H14BrClN4O2/c22-15-7-5-13(6-8-15)20-19(17-9-10-24-12-25-17)21(29-27-20)26-18(28)11-14-3-1-2-4-16(14)23/h1-10,12H,11H2,(H,26,28). The highest BCUT2D eigenvalue weighted by atomic mass is 79.9. The molecule has 2 heterocycles. The topological polar surface area (TPSA) is 80.9 Å². The van der Waals surface area contributed by atoms with Crippen LogP contribution in [0.3, 0.4) is 0 Å². The van der Waals surface area contributed by atoms with Gasteiger partial charge in [-0.15, -0.1) is 0 Å². The average molecular weight is 470 g/mol. The second kappa shape index (κ2) is 8.55. The zero-order valence-corrected chi connectivity index (χ0v) is 17.3. The summed E-state index contributed by atoms with van der Waals surface area (Å²) < 4.78 is 6.43. The quantitative estimate of drug-likeness (QED) is 0.423. The summed E-state index contributed by atoms with van der Waals surface area (Å²) in [6.45, 7) is 0. The van der Waals surface area contributed by atoms with E-state index in [1.807, 2.05) is 36.4 Å². The lowest BCUT2D eigenvalue weighted by Crippen LogP contribution is -2.14. The fourth-order valence-corrected chi connectivity index (χ4v) is 3.31. The molecule has 0 fully saturated rings. The maximum absolute atomic E-state index is 12.6. The van der Waals surface area contributed by atoms with Crippen LogP contribution in [-0.4, -0.2) is 21.0 Å². The van der Waals surface area contributed by atoms with Crippen LogP contribution in [0.25, 0.3) is 22.5 Å². The molecular formula is C21H14BrClN4O2. The van der Waals surface area contributed by atoms with Crippen molar-refractivity contribution >= 4 is 39.3 Å². The van der Waals surface area contributed by atoms with Crippen LogP contribution in [0.1, 0.15) is 5.56 Å². The lowest BCUT2D eigenvalue weighted by atomic mass is 10.0.